The second-order valence-corrected chi connectivity index (χ2v) is 7.99. The van der Waals surface area contributed by atoms with Gasteiger partial charge in [0.05, 0.1) is 29.5 Å². The summed E-state index contributed by atoms with van der Waals surface area (Å²) in [4.78, 5) is 26.5. The number of nitrogens with two attached hydrogens (primary N) is 1. The number of carbonyl (C=O) groups excluding carboxylic acids is 1. The number of aromatic amines is 1. The third-order valence-corrected chi connectivity index (χ3v) is 6.17. The molecule has 2 aliphatic rings. The van der Waals surface area contributed by atoms with Crippen LogP contribution in [0.25, 0.3) is 33.5 Å². The van der Waals surface area contributed by atoms with Crippen molar-refractivity contribution in [3.05, 3.63) is 36.7 Å². The molecular weight excluding hydrogens is 380 g/mol. The number of nitrogens with one attached hydrogen (secondary N) is 1. The lowest BCUT2D eigenvalue weighted by Gasteiger charge is -2.25. The van der Waals surface area contributed by atoms with Gasteiger partial charge >= 0.3 is 0 Å². The molecule has 3 N–H and O–H groups in total. The van der Waals surface area contributed by atoms with E-state index in [0.29, 0.717) is 6.61 Å². The molecule has 0 unspecified atom stereocenters. The van der Waals surface area contributed by atoms with E-state index in [0.717, 1.165) is 77.2 Å². The standard InChI is InChI=1S/C22H22N6O2/c23-21(29)18-3-1-6-27(18)14-10-17-20-19(11-14)30-8-2-7-28(20)22(26-17)13-4-5-15-16(9-13)25-12-24-15/h4-5,9-12,18H,1-3,6-8H2,(H2,23,29)(H,24,25)/t18-/m0/s1. The van der Waals surface area contributed by atoms with Crippen LogP contribution in [-0.2, 0) is 11.3 Å². The van der Waals surface area contributed by atoms with E-state index in [1.807, 2.05) is 12.1 Å². The highest BCUT2D eigenvalue weighted by molar-refractivity contribution is 5.92. The van der Waals surface area contributed by atoms with Crippen LogP contribution < -0.4 is 15.4 Å². The first kappa shape index (κ1) is 17.3. The van der Waals surface area contributed by atoms with Crippen molar-refractivity contribution in [1.29, 1.82) is 0 Å². The SMILES string of the molecule is NC(=O)[C@@H]1CCCN1c1cc2c3c(c1)nc(-c1ccc4[nH]cnc4c1)n3CCCO2. The quantitative estimate of drug-likeness (QED) is 0.549. The Balaban J connectivity index is 1.53. The van der Waals surface area contributed by atoms with Crippen molar-refractivity contribution in [2.24, 2.45) is 5.73 Å². The molecule has 0 saturated carbocycles. The maximum absolute atomic E-state index is 11.9. The Morgan fingerprint density at radius 1 is 1.17 bits per heavy atom. The minimum Gasteiger partial charge on any atom is -0.491 e. The van der Waals surface area contributed by atoms with Crippen LogP contribution >= 0.6 is 0 Å². The minimum atomic E-state index is -0.280. The first-order chi connectivity index (χ1) is 14.7. The van der Waals surface area contributed by atoms with E-state index in [4.69, 9.17) is 15.5 Å². The van der Waals surface area contributed by atoms with Gasteiger partial charge in [0.1, 0.15) is 23.1 Å². The molecule has 1 fully saturated rings. The highest BCUT2D eigenvalue weighted by Gasteiger charge is 2.31. The van der Waals surface area contributed by atoms with Gasteiger partial charge in [0.2, 0.25) is 5.91 Å². The van der Waals surface area contributed by atoms with Gasteiger partial charge in [-0.2, -0.15) is 0 Å². The van der Waals surface area contributed by atoms with Crippen LogP contribution in [0.4, 0.5) is 5.69 Å². The number of carbonyl (C=O) groups is 1. The average molecular weight is 402 g/mol. The summed E-state index contributed by atoms with van der Waals surface area (Å²) in [7, 11) is 0. The third-order valence-electron chi connectivity index (χ3n) is 6.17. The number of nitrogens with zero attached hydrogens (tertiary/aromatic N) is 4. The van der Waals surface area contributed by atoms with Crippen molar-refractivity contribution in [2.45, 2.75) is 31.8 Å². The van der Waals surface area contributed by atoms with Crippen molar-refractivity contribution in [2.75, 3.05) is 18.1 Å². The first-order valence-electron chi connectivity index (χ1n) is 10.4. The molecule has 0 bridgehead atoms. The second kappa shape index (κ2) is 6.48. The lowest BCUT2D eigenvalue weighted by Crippen LogP contribution is -2.40. The van der Waals surface area contributed by atoms with Crippen molar-refractivity contribution < 1.29 is 9.53 Å². The molecule has 1 amide bonds. The number of aromatic nitrogens is 4. The molecule has 8 nitrogen and oxygen atoms in total. The Bertz CT molecular complexity index is 1290. The topological polar surface area (TPSA) is 102 Å². The third kappa shape index (κ3) is 2.56. The smallest absolute Gasteiger partial charge is 0.240 e. The number of rotatable bonds is 3. The summed E-state index contributed by atoms with van der Waals surface area (Å²) in [6, 6.07) is 9.98. The molecule has 4 heterocycles. The van der Waals surface area contributed by atoms with Crippen LogP contribution in [0.5, 0.6) is 5.75 Å². The molecule has 1 atom stereocenters. The van der Waals surface area contributed by atoms with E-state index in [-0.39, 0.29) is 11.9 Å². The molecule has 2 aromatic heterocycles. The average Bonchev–Trinajstić information content (AvgIpc) is 3.45. The molecule has 0 radical (unpaired) electrons. The lowest BCUT2D eigenvalue weighted by atomic mass is 10.2. The summed E-state index contributed by atoms with van der Waals surface area (Å²) >= 11 is 0. The molecule has 2 aromatic carbocycles. The summed E-state index contributed by atoms with van der Waals surface area (Å²) in [5, 5.41) is 0. The summed E-state index contributed by atoms with van der Waals surface area (Å²) in [6.07, 6.45) is 4.34. The van der Waals surface area contributed by atoms with Crippen LogP contribution in [0, 0.1) is 0 Å². The molecule has 4 aromatic rings. The largest absolute Gasteiger partial charge is 0.491 e. The fourth-order valence-corrected chi connectivity index (χ4v) is 4.78. The van der Waals surface area contributed by atoms with Gasteiger partial charge in [-0.25, -0.2) is 9.97 Å². The molecule has 30 heavy (non-hydrogen) atoms. The minimum absolute atomic E-state index is 0.274. The maximum atomic E-state index is 11.9. The highest BCUT2D eigenvalue weighted by Crippen LogP contribution is 2.38. The number of primary amides is 1. The monoisotopic (exact) mass is 402 g/mol. The highest BCUT2D eigenvalue weighted by atomic mass is 16.5. The first-order valence-corrected chi connectivity index (χ1v) is 10.4. The Kier molecular flexibility index (Phi) is 3.74. The number of anilines is 1. The van der Waals surface area contributed by atoms with Crippen molar-refractivity contribution in [1.82, 2.24) is 19.5 Å². The Morgan fingerprint density at radius 3 is 3.00 bits per heavy atom. The van der Waals surface area contributed by atoms with E-state index in [1.165, 1.54) is 0 Å². The van der Waals surface area contributed by atoms with Crippen molar-refractivity contribution >= 4 is 33.7 Å². The Labute approximate surface area is 172 Å². The number of hydrogen-bond donors (Lipinski definition) is 2. The zero-order valence-electron chi connectivity index (χ0n) is 16.5. The van der Waals surface area contributed by atoms with E-state index in [2.05, 4.69) is 37.6 Å². The van der Waals surface area contributed by atoms with Gasteiger partial charge in [0.25, 0.3) is 0 Å². The van der Waals surface area contributed by atoms with Gasteiger partial charge in [-0.15, -0.1) is 0 Å². The second-order valence-electron chi connectivity index (χ2n) is 7.99. The van der Waals surface area contributed by atoms with E-state index >= 15 is 0 Å². The summed E-state index contributed by atoms with van der Waals surface area (Å²) < 4.78 is 8.34. The summed E-state index contributed by atoms with van der Waals surface area (Å²) in [5.41, 5.74) is 11.4. The molecule has 2 aliphatic heterocycles. The summed E-state index contributed by atoms with van der Waals surface area (Å²) in [6.45, 7) is 2.30. The van der Waals surface area contributed by atoms with Crippen molar-refractivity contribution in [3.8, 4) is 17.1 Å². The van der Waals surface area contributed by atoms with E-state index < -0.39 is 0 Å². The van der Waals surface area contributed by atoms with Gasteiger partial charge < -0.3 is 24.9 Å². The maximum Gasteiger partial charge on any atom is 0.240 e. The van der Waals surface area contributed by atoms with Gasteiger partial charge in [-0.05, 0) is 43.5 Å². The number of benzene rings is 2. The number of imidazole rings is 2. The number of amides is 1. The van der Waals surface area contributed by atoms with Crippen LogP contribution in [-0.4, -0.2) is 44.6 Å². The molecule has 8 heteroatoms. The molecule has 0 aliphatic carbocycles. The normalized spacial score (nSPS) is 18.7. The lowest BCUT2D eigenvalue weighted by molar-refractivity contribution is -0.119. The number of aryl methyl sites for hydroxylation is 1. The fraction of sp³-hybridized carbons (Fsp3) is 0.318. The number of hydrogen-bond acceptors (Lipinski definition) is 5. The molecule has 152 valence electrons. The molecule has 1 saturated heterocycles. The Morgan fingerprint density at radius 2 is 2.10 bits per heavy atom. The summed E-state index contributed by atoms with van der Waals surface area (Å²) in [5.74, 6) is 1.44. The van der Waals surface area contributed by atoms with Crippen LogP contribution in [0.2, 0.25) is 0 Å². The molecule has 0 spiro atoms. The predicted octanol–water partition coefficient (Wildman–Crippen LogP) is 2.82. The number of H-pyrrole nitrogens is 1. The van der Waals surface area contributed by atoms with Gasteiger partial charge in [0, 0.05) is 30.4 Å². The number of fused-ring (bicyclic) bond motifs is 1. The van der Waals surface area contributed by atoms with Crippen LogP contribution in [0.1, 0.15) is 19.3 Å². The van der Waals surface area contributed by atoms with Gasteiger partial charge in [-0.3, -0.25) is 4.79 Å². The molecule has 6 rings (SSSR count). The van der Waals surface area contributed by atoms with Gasteiger partial charge in [-0.1, -0.05) is 0 Å². The zero-order chi connectivity index (χ0) is 20.2. The van der Waals surface area contributed by atoms with E-state index in [1.54, 1.807) is 6.33 Å². The fourth-order valence-electron chi connectivity index (χ4n) is 4.78. The van der Waals surface area contributed by atoms with Crippen LogP contribution in [0.15, 0.2) is 36.7 Å². The Hall–Kier alpha value is -3.55. The van der Waals surface area contributed by atoms with E-state index in [9.17, 15) is 4.79 Å². The van der Waals surface area contributed by atoms with Gasteiger partial charge in [0.15, 0.2) is 0 Å². The van der Waals surface area contributed by atoms with Crippen LogP contribution in [0.3, 0.4) is 0 Å². The number of ether oxygens (including phenoxy) is 1. The van der Waals surface area contributed by atoms with Crippen molar-refractivity contribution in [3.63, 3.8) is 0 Å². The predicted molar refractivity (Wildman–Crippen MR) is 114 cm³/mol. The molecular formula is C22H22N6O2. The zero-order valence-corrected chi connectivity index (χ0v) is 16.5.